The lowest BCUT2D eigenvalue weighted by atomic mass is 10.2. The Balaban J connectivity index is 1.92. The van der Waals surface area contributed by atoms with E-state index in [2.05, 4.69) is 4.98 Å². The predicted molar refractivity (Wildman–Crippen MR) is 100 cm³/mol. The second-order valence-electron chi connectivity index (χ2n) is 6.10. The van der Waals surface area contributed by atoms with Gasteiger partial charge in [0.15, 0.2) is 5.82 Å². The molecule has 3 rings (SSSR count). The molecule has 0 unspecified atom stereocenters. The molecule has 0 atom stereocenters. The van der Waals surface area contributed by atoms with E-state index in [1.165, 1.54) is 4.57 Å². The molecule has 0 fully saturated rings. The Morgan fingerprint density at radius 3 is 2.50 bits per heavy atom. The highest BCUT2D eigenvalue weighted by molar-refractivity contribution is 6.32. The molecule has 2 aromatic heterocycles. The zero-order valence-electron chi connectivity index (χ0n) is 14.9. The lowest BCUT2D eigenvalue weighted by molar-refractivity contribution is -0.137. The summed E-state index contributed by atoms with van der Waals surface area (Å²) in [4.78, 5) is 18.5. The largest absolute Gasteiger partial charge is 0.417 e. The smallest absolute Gasteiger partial charge is 0.333 e. The molecular formula is C20H17ClF3N3O. The van der Waals surface area contributed by atoms with Crippen LogP contribution in [0.25, 0.3) is 5.82 Å². The highest BCUT2D eigenvalue weighted by Gasteiger charge is 2.32. The van der Waals surface area contributed by atoms with Crippen LogP contribution < -0.4 is 0 Å². The summed E-state index contributed by atoms with van der Waals surface area (Å²) in [7, 11) is 0. The number of carbonyl (C=O) groups is 1. The first-order valence-electron chi connectivity index (χ1n) is 8.55. The molecule has 2 heterocycles. The van der Waals surface area contributed by atoms with Crippen molar-refractivity contribution in [1.29, 1.82) is 0 Å². The maximum atomic E-state index is 13.0. The summed E-state index contributed by atoms with van der Waals surface area (Å²) < 4.78 is 39.9. The summed E-state index contributed by atoms with van der Waals surface area (Å²) in [5, 5.41) is -0.189. The van der Waals surface area contributed by atoms with Crippen molar-refractivity contribution < 1.29 is 18.0 Å². The lowest BCUT2D eigenvalue weighted by Crippen LogP contribution is -2.31. The summed E-state index contributed by atoms with van der Waals surface area (Å²) in [6.45, 7) is 2.74. The molecule has 146 valence electrons. The van der Waals surface area contributed by atoms with Crippen molar-refractivity contribution in [2.45, 2.75) is 19.6 Å². The van der Waals surface area contributed by atoms with Gasteiger partial charge in [0.1, 0.15) is 5.69 Å². The van der Waals surface area contributed by atoms with E-state index >= 15 is 0 Å². The van der Waals surface area contributed by atoms with E-state index in [4.69, 9.17) is 11.6 Å². The number of benzene rings is 1. The van der Waals surface area contributed by atoms with Crippen molar-refractivity contribution in [2.24, 2.45) is 0 Å². The van der Waals surface area contributed by atoms with Crippen LogP contribution in [0.15, 0.2) is 60.9 Å². The summed E-state index contributed by atoms with van der Waals surface area (Å²) in [5.74, 6) is -0.201. The van der Waals surface area contributed by atoms with Gasteiger partial charge in [0.2, 0.25) is 0 Å². The molecule has 0 radical (unpaired) electrons. The van der Waals surface area contributed by atoms with Gasteiger partial charge >= 0.3 is 6.18 Å². The first-order chi connectivity index (χ1) is 13.3. The van der Waals surface area contributed by atoms with Gasteiger partial charge in [-0.1, -0.05) is 41.9 Å². The van der Waals surface area contributed by atoms with Crippen molar-refractivity contribution in [1.82, 2.24) is 14.5 Å². The highest BCUT2D eigenvalue weighted by Crippen LogP contribution is 2.32. The first-order valence-corrected chi connectivity index (χ1v) is 8.92. The summed E-state index contributed by atoms with van der Waals surface area (Å²) in [6, 6.07) is 13.5. The van der Waals surface area contributed by atoms with E-state index in [0.29, 0.717) is 19.3 Å². The average molecular weight is 408 g/mol. The minimum Gasteiger partial charge on any atom is -0.333 e. The molecule has 0 aliphatic rings. The standard InChI is InChI=1S/C20H17ClF3N3O/c1-2-26(13-14-7-4-3-5-8-14)19(28)17-9-6-10-27(17)18-16(21)11-15(12-25-18)20(22,23)24/h3-12H,2,13H2,1H3. The number of rotatable bonds is 5. The number of hydrogen-bond acceptors (Lipinski definition) is 2. The normalized spacial score (nSPS) is 11.5. The third-order valence-corrected chi connectivity index (χ3v) is 4.51. The Morgan fingerprint density at radius 2 is 1.89 bits per heavy atom. The Hall–Kier alpha value is -2.80. The molecule has 4 nitrogen and oxygen atoms in total. The second-order valence-corrected chi connectivity index (χ2v) is 6.50. The molecule has 0 saturated heterocycles. The number of aromatic nitrogens is 2. The SMILES string of the molecule is CCN(Cc1ccccc1)C(=O)c1cccn1-c1ncc(C(F)(F)F)cc1Cl. The molecule has 0 spiro atoms. The zero-order chi connectivity index (χ0) is 20.3. The van der Waals surface area contributed by atoms with Crippen LogP contribution in [-0.2, 0) is 12.7 Å². The molecule has 0 aliphatic heterocycles. The van der Waals surface area contributed by atoms with Gasteiger partial charge in [0, 0.05) is 25.5 Å². The Kier molecular flexibility index (Phi) is 5.74. The van der Waals surface area contributed by atoms with Gasteiger partial charge in [-0.15, -0.1) is 0 Å². The number of nitrogens with zero attached hydrogens (tertiary/aromatic N) is 3. The van der Waals surface area contributed by atoms with Crippen molar-refractivity contribution in [2.75, 3.05) is 6.54 Å². The van der Waals surface area contributed by atoms with Crippen molar-refractivity contribution in [3.8, 4) is 5.82 Å². The molecule has 0 saturated carbocycles. The minimum atomic E-state index is -4.54. The fourth-order valence-corrected chi connectivity index (χ4v) is 3.05. The van der Waals surface area contributed by atoms with Crippen LogP contribution in [0.1, 0.15) is 28.5 Å². The Labute approximate surface area is 165 Å². The average Bonchev–Trinajstić information content (AvgIpc) is 3.15. The van der Waals surface area contributed by atoms with Crippen LogP contribution in [0.5, 0.6) is 0 Å². The van der Waals surface area contributed by atoms with Gasteiger partial charge in [-0.05, 0) is 30.7 Å². The van der Waals surface area contributed by atoms with Crippen LogP contribution in [0.3, 0.4) is 0 Å². The zero-order valence-corrected chi connectivity index (χ0v) is 15.7. The van der Waals surface area contributed by atoms with Crippen LogP contribution in [0.4, 0.5) is 13.2 Å². The molecular weight excluding hydrogens is 391 g/mol. The van der Waals surface area contributed by atoms with Crippen molar-refractivity contribution in [3.63, 3.8) is 0 Å². The molecule has 0 N–H and O–H groups in total. The maximum Gasteiger partial charge on any atom is 0.417 e. The van der Waals surface area contributed by atoms with Crippen molar-refractivity contribution in [3.05, 3.63) is 82.8 Å². The van der Waals surface area contributed by atoms with Gasteiger partial charge in [0.05, 0.1) is 10.6 Å². The van der Waals surface area contributed by atoms with Crippen LogP contribution in [-0.4, -0.2) is 26.9 Å². The number of halogens is 4. The highest BCUT2D eigenvalue weighted by atomic mass is 35.5. The summed E-state index contributed by atoms with van der Waals surface area (Å²) in [6.07, 6.45) is -2.29. The monoisotopic (exact) mass is 407 g/mol. The number of amides is 1. The van der Waals surface area contributed by atoms with E-state index in [0.717, 1.165) is 11.6 Å². The molecule has 1 aromatic carbocycles. The van der Waals surface area contributed by atoms with Gasteiger partial charge < -0.3 is 4.90 Å². The predicted octanol–water partition coefficient (Wildman–Crippen LogP) is 5.21. The van der Waals surface area contributed by atoms with E-state index in [-0.39, 0.29) is 22.4 Å². The Bertz CT molecular complexity index is 970. The van der Waals surface area contributed by atoms with Crippen LogP contribution >= 0.6 is 11.6 Å². The molecule has 28 heavy (non-hydrogen) atoms. The second kappa shape index (κ2) is 8.06. The van der Waals surface area contributed by atoms with Crippen molar-refractivity contribution >= 4 is 17.5 Å². The third-order valence-electron chi connectivity index (χ3n) is 4.23. The van der Waals surface area contributed by atoms with E-state index in [1.807, 2.05) is 37.3 Å². The number of alkyl halides is 3. The summed E-state index contributed by atoms with van der Waals surface area (Å²) in [5.41, 5.74) is 0.300. The fourth-order valence-electron chi connectivity index (χ4n) is 2.80. The van der Waals surface area contributed by atoms with E-state index in [1.54, 1.807) is 23.2 Å². The van der Waals surface area contributed by atoms with Crippen LogP contribution in [0.2, 0.25) is 5.02 Å². The minimum absolute atomic E-state index is 0.0683. The van der Waals surface area contributed by atoms with E-state index < -0.39 is 11.7 Å². The van der Waals surface area contributed by atoms with Gasteiger partial charge in [-0.3, -0.25) is 9.36 Å². The first kappa shape index (κ1) is 19.9. The quantitative estimate of drug-likeness (QED) is 0.582. The van der Waals surface area contributed by atoms with Crippen LogP contribution in [0, 0.1) is 0 Å². The molecule has 8 heteroatoms. The number of hydrogen-bond donors (Lipinski definition) is 0. The number of carbonyl (C=O) groups excluding carboxylic acids is 1. The molecule has 0 bridgehead atoms. The third kappa shape index (κ3) is 4.20. The summed E-state index contributed by atoms with van der Waals surface area (Å²) >= 11 is 6.04. The molecule has 1 amide bonds. The molecule has 0 aliphatic carbocycles. The van der Waals surface area contributed by atoms with E-state index in [9.17, 15) is 18.0 Å². The fraction of sp³-hybridized carbons (Fsp3) is 0.200. The van der Waals surface area contributed by atoms with Gasteiger partial charge in [-0.25, -0.2) is 4.98 Å². The Morgan fingerprint density at radius 1 is 1.18 bits per heavy atom. The maximum absolute atomic E-state index is 13.0. The van der Waals surface area contributed by atoms with Gasteiger partial charge in [0.25, 0.3) is 5.91 Å². The number of pyridine rings is 1. The lowest BCUT2D eigenvalue weighted by Gasteiger charge is -2.22. The molecule has 3 aromatic rings. The topological polar surface area (TPSA) is 38.1 Å². The van der Waals surface area contributed by atoms with Gasteiger partial charge in [-0.2, -0.15) is 13.2 Å².